The molecule has 2 rings (SSSR count). The maximum Gasteiger partial charge on any atom is 0.206 e. The Labute approximate surface area is 110 Å². The highest BCUT2D eigenvalue weighted by Gasteiger charge is 2.23. The Morgan fingerprint density at radius 1 is 1.28 bits per heavy atom. The van der Waals surface area contributed by atoms with E-state index in [1.54, 1.807) is 0 Å². The minimum atomic E-state index is 0.353. The standard InChI is InChI=1S/C13H26N4O/c1-10(11-7-8-18-9-11)15-13(17-14)16-12-5-3-2-4-6-12/h10-12H,2-9,14H2,1H3,(H2,15,16,17). The van der Waals surface area contributed by atoms with E-state index >= 15 is 0 Å². The zero-order valence-corrected chi connectivity index (χ0v) is 11.3. The van der Waals surface area contributed by atoms with Gasteiger partial charge in [-0.3, -0.25) is 5.43 Å². The third-order valence-corrected chi connectivity index (χ3v) is 4.06. The smallest absolute Gasteiger partial charge is 0.206 e. The van der Waals surface area contributed by atoms with Crippen molar-refractivity contribution in [2.45, 2.75) is 57.5 Å². The molecule has 5 nitrogen and oxygen atoms in total. The number of ether oxygens (including phenoxy) is 1. The number of hydrogen-bond donors (Lipinski definition) is 3. The maximum atomic E-state index is 5.56. The van der Waals surface area contributed by atoms with Crippen molar-refractivity contribution in [3.05, 3.63) is 0 Å². The second-order valence-corrected chi connectivity index (χ2v) is 5.47. The molecule has 2 unspecified atom stereocenters. The van der Waals surface area contributed by atoms with Gasteiger partial charge >= 0.3 is 0 Å². The molecule has 0 aromatic heterocycles. The minimum absolute atomic E-state index is 0.353. The molecular formula is C13H26N4O. The third-order valence-electron chi connectivity index (χ3n) is 4.06. The molecule has 5 heteroatoms. The van der Waals surface area contributed by atoms with Gasteiger partial charge in [0.05, 0.1) is 12.6 Å². The summed E-state index contributed by atoms with van der Waals surface area (Å²) in [4.78, 5) is 4.69. The van der Waals surface area contributed by atoms with Crippen molar-refractivity contribution in [1.29, 1.82) is 0 Å². The van der Waals surface area contributed by atoms with Crippen molar-refractivity contribution in [3.8, 4) is 0 Å². The summed E-state index contributed by atoms with van der Waals surface area (Å²) in [6.45, 7) is 3.89. The van der Waals surface area contributed by atoms with E-state index in [9.17, 15) is 0 Å². The van der Waals surface area contributed by atoms with Crippen LogP contribution in [0.3, 0.4) is 0 Å². The van der Waals surface area contributed by atoms with Crippen molar-refractivity contribution in [2.24, 2.45) is 16.8 Å². The predicted octanol–water partition coefficient (Wildman–Crippen LogP) is 1.15. The van der Waals surface area contributed by atoms with Gasteiger partial charge in [0, 0.05) is 18.6 Å². The van der Waals surface area contributed by atoms with Gasteiger partial charge in [-0.2, -0.15) is 0 Å². The highest BCUT2D eigenvalue weighted by molar-refractivity contribution is 5.79. The second-order valence-electron chi connectivity index (χ2n) is 5.47. The molecule has 1 heterocycles. The highest BCUT2D eigenvalue weighted by Crippen LogP contribution is 2.20. The summed E-state index contributed by atoms with van der Waals surface area (Å²) < 4.78 is 5.41. The van der Waals surface area contributed by atoms with E-state index in [-0.39, 0.29) is 0 Å². The lowest BCUT2D eigenvalue weighted by Gasteiger charge is -2.24. The molecule has 1 aliphatic heterocycles. The average molecular weight is 254 g/mol. The number of nitrogens with two attached hydrogens (primary N) is 1. The molecule has 0 bridgehead atoms. The first-order chi connectivity index (χ1) is 8.79. The lowest BCUT2D eigenvalue weighted by Crippen LogP contribution is -2.48. The number of hydrazine groups is 1. The number of guanidine groups is 1. The minimum Gasteiger partial charge on any atom is -0.381 e. The van der Waals surface area contributed by atoms with E-state index in [0.717, 1.165) is 25.6 Å². The van der Waals surface area contributed by atoms with Crippen LogP contribution in [0.15, 0.2) is 4.99 Å². The van der Waals surface area contributed by atoms with E-state index < -0.39 is 0 Å². The lowest BCUT2D eigenvalue weighted by molar-refractivity contribution is 0.180. The normalized spacial score (nSPS) is 28.1. The summed E-state index contributed by atoms with van der Waals surface area (Å²) in [5.74, 6) is 6.86. The Balaban J connectivity index is 1.84. The fraction of sp³-hybridized carbons (Fsp3) is 0.923. The first-order valence-corrected chi connectivity index (χ1v) is 7.18. The molecule has 1 aliphatic carbocycles. The van der Waals surface area contributed by atoms with E-state index in [4.69, 9.17) is 15.6 Å². The molecule has 104 valence electrons. The van der Waals surface area contributed by atoms with Gasteiger partial charge in [0.25, 0.3) is 0 Å². The van der Waals surface area contributed by atoms with Crippen molar-refractivity contribution in [3.63, 3.8) is 0 Å². The fourth-order valence-corrected chi connectivity index (χ4v) is 2.79. The van der Waals surface area contributed by atoms with Gasteiger partial charge < -0.3 is 10.1 Å². The van der Waals surface area contributed by atoms with E-state index in [2.05, 4.69) is 17.7 Å². The zero-order valence-electron chi connectivity index (χ0n) is 11.3. The number of hydrogen-bond acceptors (Lipinski definition) is 3. The molecule has 1 saturated carbocycles. The van der Waals surface area contributed by atoms with E-state index in [0.29, 0.717) is 18.0 Å². The SMILES string of the molecule is CC(NC(=NC1CCCCC1)NN)C1CCOC1. The van der Waals surface area contributed by atoms with Gasteiger partial charge in [0.1, 0.15) is 0 Å². The molecule has 0 radical (unpaired) electrons. The quantitative estimate of drug-likeness (QED) is 0.306. The van der Waals surface area contributed by atoms with Crippen molar-refractivity contribution >= 4 is 5.96 Å². The molecule has 18 heavy (non-hydrogen) atoms. The van der Waals surface area contributed by atoms with Crippen LogP contribution in [0.2, 0.25) is 0 Å². The zero-order chi connectivity index (χ0) is 12.8. The van der Waals surface area contributed by atoms with Crippen LogP contribution >= 0.6 is 0 Å². The Kier molecular flexibility index (Phi) is 5.26. The largest absolute Gasteiger partial charge is 0.381 e. The lowest BCUT2D eigenvalue weighted by atomic mass is 9.96. The number of nitrogens with one attached hydrogen (secondary N) is 2. The molecule has 0 amide bonds. The van der Waals surface area contributed by atoms with Gasteiger partial charge in [-0.05, 0) is 26.2 Å². The molecule has 0 aromatic carbocycles. The van der Waals surface area contributed by atoms with Gasteiger partial charge in [0.2, 0.25) is 5.96 Å². The van der Waals surface area contributed by atoms with Crippen LogP contribution in [0.25, 0.3) is 0 Å². The van der Waals surface area contributed by atoms with Crippen LogP contribution < -0.4 is 16.6 Å². The fourth-order valence-electron chi connectivity index (χ4n) is 2.79. The molecular weight excluding hydrogens is 228 g/mol. The average Bonchev–Trinajstić information content (AvgIpc) is 2.93. The summed E-state index contributed by atoms with van der Waals surface area (Å²) in [7, 11) is 0. The first kappa shape index (κ1) is 13.6. The Bertz CT molecular complexity index is 270. The molecule has 2 atom stereocenters. The molecule has 2 aliphatic rings. The van der Waals surface area contributed by atoms with Crippen molar-refractivity contribution < 1.29 is 4.74 Å². The summed E-state index contributed by atoms with van der Waals surface area (Å²) >= 11 is 0. The van der Waals surface area contributed by atoms with Crippen LogP contribution in [-0.2, 0) is 4.74 Å². The Morgan fingerprint density at radius 3 is 2.67 bits per heavy atom. The molecule has 0 aromatic rings. The number of nitrogens with zero attached hydrogens (tertiary/aromatic N) is 1. The predicted molar refractivity (Wildman–Crippen MR) is 73.2 cm³/mol. The number of rotatable bonds is 3. The van der Waals surface area contributed by atoms with Crippen LogP contribution in [0.5, 0.6) is 0 Å². The van der Waals surface area contributed by atoms with E-state index in [1.165, 1.54) is 32.1 Å². The number of aliphatic imine (C=N–C) groups is 1. The van der Waals surface area contributed by atoms with Crippen LogP contribution in [-0.4, -0.2) is 31.3 Å². The van der Waals surface area contributed by atoms with Crippen LogP contribution in [0, 0.1) is 5.92 Å². The van der Waals surface area contributed by atoms with Crippen molar-refractivity contribution in [2.75, 3.05) is 13.2 Å². The summed E-state index contributed by atoms with van der Waals surface area (Å²) in [6.07, 6.45) is 7.42. The molecule has 1 saturated heterocycles. The van der Waals surface area contributed by atoms with Crippen LogP contribution in [0.1, 0.15) is 45.4 Å². The Hall–Kier alpha value is -0.810. The van der Waals surface area contributed by atoms with Crippen LogP contribution in [0.4, 0.5) is 0 Å². The topological polar surface area (TPSA) is 71.7 Å². The first-order valence-electron chi connectivity index (χ1n) is 7.18. The molecule has 2 fully saturated rings. The summed E-state index contributed by atoms with van der Waals surface area (Å²) in [6, 6.07) is 0.787. The van der Waals surface area contributed by atoms with Gasteiger partial charge in [-0.1, -0.05) is 19.3 Å². The van der Waals surface area contributed by atoms with Gasteiger partial charge in [-0.25, -0.2) is 10.8 Å². The van der Waals surface area contributed by atoms with Gasteiger partial charge in [-0.15, -0.1) is 0 Å². The second kappa shape index (κ2) is 6.95. The Morgan fingerprint density at radius 2 is 2.06 bits per heavy atom. The summed E-state index contributed by atoms with van der Waals surface area (Å²) in [5.41, 5.74) is 2.70. The third kappa shape index (κ3) is 3.85. The van der Waals surface area contributed by atoms with E-state index in [1.807, 2.05) is 0 Å². The highest BCUT2D eigenvalue weighted by atomic mass is 16.5. The molecule has 0 spiro atoms. The van der Waals surface area contributed by atoms with Crippen molar-refractivity contribution in [1.82, 2.24) is 10.7 Å². The monoisotopic (exact) mass is 254 g/mol. The molecule has 4 N–H and O–H groups in total. The van der Waals surface area contributed by atoms with Gasteiger partial charge in [0.15, 0.2) is 0 Å². The summed E-state index contributed by atoms with van der Waals surface area (Å²) in [5, 5.41) is 3.39. The maximum absolute atomic E-state index is 5.56.